The van der Waals surface area contributed by atoms with Crippen LogP contribution in [-0.4, -0.2) is 14.9 Å². The predicted molar refractivity (Wildman–Crippen MR) is 35.8 cm³/mol. The molecule has 0 aliphatic carbocycles. The summed E-state index contributed by atoms with van der Waals surface area (Å²) in [6.07, 6.45) is 3.72. The lowest BCUT2D eigenvalue weighted by atomic mass is 10.8. The average molecular weight is 128 g/mol. The Kier molecular flexibility index (Phi) is 1.97. The van der Waals surface area contributed by atoms with Gasteiger partial charge in [-0.05, 0) is 18.0 Å². The van der Waals surface area contributed by atoms with Crippen LogP contribution in [-0.2, 0) is 0 Å². The maximum Gasteiger partial charge on any atom is 0.0500 e. The van der Waals surface area contributed by atoms with Gasteiger partial charge in [0.1, 0.15) is 0 Å². The number of aromatic nitrogens is 2. The lowest BCUT2D eigenvalue weighted by Gasteiger charge is -1.91. The van der Waals surface area contributed by atoms with Gasteiger partial charge < -0.3 is 0 Å². The summed E-state index contributed by atoms with van der Waals surface area (Å²) < 4.78 is 1.85. The average Bonchev–Trinajstić information content (AvgIpc) is 2.19. The van der Waals surface area contributed by atoms with Crippen molar-refractivity contribution in [1.29, 1.82) is 0 Å². The number of hydrogen-bond acceptors (Lipinski definition) is 2. The van der Waals surface area contributed by atoms with Crippen molar-refractivity contribution in [3.05, 3.63) is 18.5 Å². The molecule has 0 bridgehead atoms. The van der Waals surface area contributed by atoms with E-state index in [-0.39, 0.29) is 0 Å². The molecule has 0 amide bonds. The van der Waals surface area contributed by atoms with Gasteiger partial charge in [-0.25, -0.2) is 4.09 Å². The van der Waals surface area contributed by atoms with Crippen LogP contribution in [0.25, 0.3) is 0 Å². The van der Waals surface area contributed by atoms with Crippen molar-refractivity contribution in [3.63, 3.8) is 0 Å². The molecule has 0 spiro atoms. The summed E-state index contributed by atoms with van der Waals surface area (Å²) >= 11 is 1.69. The van der Waals surface area contributed by atoms with Gasteiger partial charge in [-0.1, -0.05) is 6.92 Å². The van der Waals surface area contributed by atoms with Crippen LogP contribution in [0.4, 0.5) is 0 Å². The minimum Gasteiger partial charge on any atom is -0.214 e. The summed E-state index contributed by atoms with van der Waals surface area (Å²) in [5, 5.41) is 3.99. The Morgan fingerprint density at radius 2 is 2.62 bits per heavy atom. The molecule has 0 atom stereocenters. The highest BCUT2D eigenvalue weighted by Crippen LogP contribution is 2.00. The first-order valence-electron chi connectivity index (χ1n) is 2.56. The monoisotopic (exact) mass is 128 g/mol. The minimum absolute atomic E-state index is 1.07. The van der Waals surface area contributed by atoms with Gasteiger partial charge in [0.2, 0.25) is 0 Å². The largest absolute Gasteiger partial charge is 0.214 e. The van der Waals surface area contributed by atoms with Crippen LogP contribution in [0.15, 0.2) is 18.5 Å². The summed E-state index contributed by atoms with van der Waals surface area (Å²) in [7, 11) is 0. The fraction of sp³-hybridized carbons (Fsp3) is 0.400. The molecule has 1 heterocycles. The third-order valence-corrected chi connectivity index (χ3v) is 1.48. The van der Waals surface area contributed by atoms with E-state index in [0.29, 0.717) is 0 Å². The highest BCUT2D eigenvalue weighted by atomic mass is 32.2. The molecule has 1 aromatic heterocycles. The van der Waals surface area contributed by atoms with Crippen LogP contribution in [0.2, 0.25) is 0 Å². The maximum absolute atomic E-state index is 3.99. The fourth-order valence-corrected chi connectivity index (χ4v) is 1.01. The summed E-state index contributed by atoms with van der Waals surface area (Å²) in [6, 6.07) is 1.92. The number of nitrogens with zero attached hydrogens (tertiary/aromatic N) is 2. The molecule has 0 fully saturated rings. The van der Waals surface area contributed by atoms with Crippen molar-refractivity contribution >= 4 is 11.9 Å². The minimum atomic E-state index is 1.07. The molecular formula is C5H8N2S. The zero-order chi connectivity index (χ0) is 5.82. The van der Waals surface area contributed by atoms with Crippen molar-refractivity contribution in [2.24, 2.45) is 0 Å². The van der Waals surface area contributed by atoms with Crippen LogP contribution in [0, 0.1) is 0 Å². The number of hydrogen-bond donors (Lipinski definition) is 0. The van der Waals surface area contributed by atoms with Crippen molar-refractivity contribution in [2.45, 2.75) is 6.92 Å². The molecule has 3 heteroatoms. The highest BCUT2D eigenvalue weighted by Gasteiger charge is 1.83. The van der Waals surface area contributed by atoms with Crippen molar-refractivity contribution in [1.82, 2.24) is 9.19 Å². The van der Waals surface area contributed by atoms with Crippen molar-refractivity contribution in [2.75, 3.05) is 5.75 Å². The lowest BCUT2D eigenvalue weighted by Crippen LogP contribution is -1.84. The van der Waals surface area contributed by atoms with E-state index < -0.39 is 0 Å². The van der Waals surface area contributed by atoms with E-state index in [0.717, 1.165) is 5.75 Å². The van der Waals surface area contributed by atoms with Crippen LogP contribution in [0.3, 0.4) is 0 Å². The molecule has 0 aliphatic heterocycles. The molecule has 8 heavy (non-hydrogen) atoms. The smallest absolute Gasteiger partial charge is 0.0500 e. The summed E-state index contributed by atoms with van der Waals surface area (Å²) in [4.78, 5) is 0. The standard InChI is InChI=1S/C5H8N2S/c1-2-8-7-5-3-4-6-7/h3-5H,2H2,1H3. The summed E-state index contributed by atoms with van der Waals surface area (Å²) in [6.45, 7) is 2.10. The molecule has 0 radical (unpaired) electrons. The van der Waals surface area contributed by atoms with Crippen LogP contribution in [0.1, 0.15) is 6.92 Å². The molecule has 0 saturated heterocycles. The molecule has 0 unspecified atom stereocenters. The first-order chi connectivity index (χ1) is 3.93. The first kappa shape index (κ1) is 5.69. The van der Waals surface area contributed by atoms with Gasteiger partial charge in [0, 0.05) is 18.1 Å². The van der Waals surface area contributed by atoms with E-state index >= 15 is 0 Å². The molecule has 0 aromatic carbocycles. The Labute approximate surface area is 53.0 Å². The molecule has 1 aromatic rings. The van der Waals surface area contributed by atoms with Gasteiger partial charge in [-0.2, -0.15) is 5.10 Å². The predicted octanol–water partition coefficient (Wildman–Crippen LogP) is 1.40. The van der Waals surface area contributed by atoms with Crippen LogP contribution < -0.4 is 0 Å². The third kappa shape index (κ3) is 1.26. The van der Waals surface area contributed by atoms with Crippen molar-refractivity contribution < 1.29 is 0 Å². The van der Waals surface area contributed by atoms with Crippen LogP contribution >= 0.6 is 11.9 Å². The SMILES string of the molecule is CCSn1cccn1. The Morgan fingerprint density at radius 3 is 3.12 bits per heavy atom. The van der Waals surface area contributed by atoms with E-state index in [9.17, 15) is 0 Å². The van der Waals surface area contributed by atoms with E-state index in [1.165, 1.54) is 0 Å². The van der Waals surface area contributed by atoms with Gasteiger partial charge in [0.05, 0.1) is 0 Å². The second-order valence-corrected chi connectivity index (χ2v) is 2.54. The van der Waals surface area contributed by atoms with Gasteiger partial charge in [0.25, 0.3) is 0 Å². The second-order valence-electron chi connectivity index (χ2n) is 1.33. The molecular weight excluding hydrogens is 120 g/mol. The molecule has 44 valence electrons. The molecule has 0 saturated carbocycles. The van der Waals surface area contributed by atoms with Crippen molar-refractivity contribution in [3.8, 4) is 0 Å². The summed E-state index contributed by atoms with van der Waals surface area (Å²) in [5.41, 5.74) is 0. The van der Waals surface area contributed by atoms with Gasteiger partial charge in [-0.15, -0.1) is 0 Å². The Hall–Kier alpha value is -0.440. The first-order valence-corrected chi connectivity index (χ1v) is 3.50. The summed E-state index contributed by atoms with van der Waals surface area (Å²) in [5.74, 6) is 1.07. The molecule has 1 rings (SSSR count). The highest BCUT2D eigenvalue weighted by molar-refractivity contribution is 7.97. The van der Waals surface area contributed by atoms with Gasteiger partial charge in [0.15, 0.2) is 0 Å². The molecule has 2 nitrogen and oxygen atoms in total. The zero-order valence-corrected chi connectivity index (χ0v) is 5.56. The zero-order valence-electron chi connectivity index (χ0n) is 4.74. The van der Waals surface area contributed by atoms with E-state index in [1.807, 2.05) is 16.4 Å². The molecule has 0 N–H and O–H groups in total. The van der Waals surface area contributed by atoms with E-state index in [1.54, 1.807) is 18.1 Å². The Balaban J connectivity index is 2.50. The van der Waals surface area contributed by atoms with E-state index in [2.05, 4.69) is 12.0 Å². The fourth-order valence-electron chi connectivity index (χ4n) is 0.463. The quantitative estimate of drug-likeness (QED) is 0.599. The Morgan fingerprint density at radius 1 is 1.75 bits per heavy atom. The second kappa shape index (κ2) is 2.77. The third-order valence-electron chi connectivity index (χ3n) is 0.742. The normalized spacial score (nSPS) is 9.62. The molecule has 0 aliphatic rings. The maximum atomic E-state index is 3.99. The lowest BCUT2D eigenvalue weighted by molar-refractivity contribution is 1.01. The number of rotatable bonds is 2. The topological polar surface area (TPSA) is 17.8 Å². The Bertz CT molecular complexity index is 136. The van der Waals surface area contributed by atoms with Gasteiger partial charge in [-0.3, -0.25) is 0 Å². The van der Waals surface area contributed by atoms with Gasteiger partial charge >= 0.3 is 0 Å². The van der Waals surface area contributed by atoms with Crippen LogP contribution in [0.5, 0.6) is 0 Å². The van der Waals surface area contributed by atoms with E-state index in [4.69, 9.17) is 0 Å².